The Morgan fingerprint density at radius 2 is 1.55 bits per heavy atom. The summed E-state index contributed by atoms with van der Waals surface area (Å²) >= 11 is 0. The van der Waals surface area contributed by atoms with Crippen molar-refractivity contribution in [3.05, 3.63) is 65.7 Å². The molecule has 1 spiro atoms. The number of carbonyl (C=O) groups excluding carboxylic acids is 2. The van der Waals surface area contributed by atoms with E-state index in [0.717, 1.165) is 95.8 Å². The number of urea groups is 1. The number of benzene rings is 2. The van der Waals surface area contributed by atoms with Gasteiger partial charge in [0.1, 0.15) is 5.75 Å². The number of rotatable bonds is 6. The summed E-state index contributed by atoms with van der Waals surface area (Å²) in [5, 5.41) is 0. The molecule has 0 bridgehead atoms. The van der Waals surface area contributed by atoms with Crippen molar-refractivity contribution in [1.29, 1.82) is 0 Å². The van der Waals surface area contributed by atoms with Crippen molar-refractivity contribution in [2.24, 2.45) is 11.3 Å². The van der Waals surface area contributed by atoms with Gasteiger partial charge in [0.05, 0.1) is 12.5 Å². The highest BCUT2D eigenvalue weighted by Gasteiger charge is 2.48. The lowest BCUT2D eigenvalue weighted by Crippen LogP contribution is -2.46. The zero-order valence-electron chi connectivity index (χ0n) is 23.7. The smallest absolute Gasteiger partial charge is 0.320 e. The minimum absolute atomic E-state index is 0. The van der Waals surface area contributed by atoms with Gasteiger partial charge in [-0.2, -0.15) is 0 Å². The highest BCUT2D eigenvalue weighted by atomic mass is 35.5. The number of halogens is 1. The molecule has 7 nitrogen and oxygen atoms in total. The highest BCUT2D eigenvalue weighted by molar-refractivity contribution is 5.85. The molecule has 6 rings (SSSR count). The number of piperidine rings is 1. The first-order valence-electron chi connectivity index (χ1n) is 14.8. The van der Waals surface area contributed by atoms with Crippen LogP contribution in [-0.4, -0.2) is 91.0 Å². The standard InChI is InChI=1S/C32H42N4O3.ClH/c1-39-28-11-9-25(10-12-28)21-35-20-15-32(30(35)37)13-18-33(19-14-32)22-27-23-36(31(38)34-16-5-6-17-34)24-29(27)26-7-3-2-4-8-26;/h2-4,7-12,27,29H,5-6,13-24H2,1H3;1H. The fourth-order valence-electron chi connectivity index (χ4n) is 7.35. The molecule has 2 aromatic carbocycles. The average molecular weight is 567 g/mol. The van der Waals surface area contributed by atoms with Gasteiger partial charge in [-0.3, -0.25) is 4.79 Å². The molecule has 2 unspecified atom stereocenters. The van der Waals surface area contributed by atoms with Crippen molar-refractivity contribution >= 4 is 24.3 Å². The second-order valence-electron chi connectivity index (χ2n) is 12.1. The topological polar surface area (TPSA) is 56.3 Å². The normalized spacial score (nSPS) is 24.5. The van der Waals surface area contributed by atoms with E-state index in [2.05, 4.69) is 57.2 Å². The number of amides is 3. The summed E-state index contributed by atoms with van der Waals surface area (Å²) in [6, 6.07) is 19.0. The van der Waals surface area contributed by atoms with E-state index < -0.39 is 0 Å². The maximum Gasteiger partial charge on any atom is 0.320 e. The molecular weight excluding hydrogens is 524 g/mol. The third-order valence-corrected chi connectivity index (χ3v) is 9.76. The minimum atomic E-state index is -0.199. The molecule has 4 fully saturated rings. The van der Waals surface area contributed by atoms with Crippen LogP contribution in [0.5, 0.6) is 5.75 Å². The lowest BCUT2D eigenvalue weighted by Gasteiger charge is -2.39. The molecule has 0 radical (unpaired) electrons. The number of carbonyl (C=O) groups is 2. The van der Waals surface area contributed by atoms with Gasteiger partial charge in [-0.1, -0.05) is 42.5 Å². The second kappa shape index (κ2) is 12.4. The largest absolute Gasteiger partial charge is 0.497 e. The Morgan fingerprint density at radius 1 is 0.875 bits per heavy atom. The van der Waals surface area contributed by atoms with Crippen LogP contribution in [0.3, 0.4) is 0 Å². The van der Waals surface area contributed by atoms with Gasteiger partial charge >= 0.3 is 6.03 Å². The third-order valence-electron chi connectivity index (χ3n) is 9.76. The quantitative estimate of drug-likeness (QED) is 0.501. The summed E-state index contributed by atoms with van der Waals surface area (Å²) in [7, 11) is 1.67. The molecule has 0 saturated carbocycles. The van der Waals surface area contributed by atoms with E-state index in [4.69, 9.17) is 4.74 Å². The lowest BCUT2D eigenvalue weighted by atomic mass is 9.76. The molecule has 4 aliphatic rings. The Hall–Kier alpha value is -2.77. The second-order valence-corrected chi connectivity index (χ2v) is 12.1. The first kappa shape index (κ1) is 28.7. The summed E-state index contributed by atoms with van der Waals surface area (Å²) in [4.78, 5) is 35.6. The molecule has 0 N–H and O–H groups in total. The van der Waals surface area contributed by atoms with Gasteiger partial charge in [0, 0.05) is 51.7 Å². The predicted octanol–water partition coefficient (Wildman–Crippen LogP) is 4.86. The van der Waals surface area contributed by atoms with Crippen molar-refractivity contribution in [3.8, 4) is 5.75 Å². The van der Waals surface area contributed by atoms with E-state index in [-0.39, 0.29) is 23.9 Å². The summed E-state index contributed by atoms with van der Waals surface area (Å²) < 4.78 is 5.27. The summed E-state index contributed by atoms with van der Waals surface area (Å²) in [6.07, 6.45) is 5.08. The van der Waals surface area contributed by atoms with Crippen LogP contribution in [0.4, 0.5) is 4.79 Å². The molecule has 0 aliphatic carbocycles. The maximum absolute atomic E-state index is 13.6. The molecule has 2 aromatic rings. The molecule has 4 heterocycles. The molecule has 3 amide bonds. The molecule has 40 heavy (non-hydrogen) atoms. The fraction of sp³-hybridized carbons (Fsp3) is 0.562. The number of hydrogen-bond donors (Lipinski definition) is 0. The molecule has 4 aliphatic heterocycles. The Labute approximate surface area is 244 Å². The Kier molecular flexibility index (Phi) is 8.91. The highest BCUT2D eigenvalue weighted by Crippen LogP contribution is 2.43. The SMILES string of the molecule is COc1ccc(CN2CCC3(CCN(CC4CN(C(=O)N5CCCC5)CC4c4ccccc4)CC3)C2=O)cc1.Cl. The van der Waals surface area contributed by atoms with Gasteiger partial charge in [0.25, 0.3) is 0 Å². The summed E-state index contributed by atoms with van der Waals surface area (Å²) in [6.45, 7) is 7.85. The third kappa shape index (κ3) is 5.82. The van der Waals surface area contributed by atoms with Gasteiger partial charge in [0.15, 0.2) is 0 Å². The number of likely N-dealkylation sites (tertiary alicyclic amines) is 4. The van der Waals surface area contributed by atoms with Gasteiger partial charge in [-0.05, 0) is 74.4 Å². The van der Waals surface area contributed by atoms with E-state index in [1.165, 1.54) is 5.56 Å². The molecule has 4 saturated heterocycles. The van der Waals surface area contributed by atoms with Crippen LogP contribution in [0.1, 0.15) is 49.1 Å². The predicted molar refractivity (Wildman–Crippen MR) is 159 cm³/mol. The van der Waals surface area contributed by atoms with Crippen molar-refractivity contribution in [2.45, 2.75) is 44.6 Å². The fourth-order valence-corrected chi connectivity index (χ4v) is 7.35. The molecule has 2 atom stereocenters. The van der Waals surface area contributed by atoms with Crippen molar-refractivity contribution in [2.75, 3.05) is 59.5 Å². The van der Waals surface area contributed by atoms with E-state index >= 15 is 0 Å². The van der Waals surface area contributed by atoms with Gasteiger partial charge in [0.2, 0.25) is 5.91 Å². The zero-order chi connectivity index (χ0) is 26.8. The van der Waals surface area contributed by atoms with Crippen LogP contribution in [-0.2, 0) is 11.3 Å². The van der Waals surface area contributed by atoms with E-state index in [1.807, 2.05) is 17.0 Å². The van der Waals surface area contributed by atoms with E-state index in [0.29, 0.717) is 24.3 Å². The van der Waals surface area contributed by atoms with Crippen LogP contribution in [0.25, 0.3) is 0 Å². The molecule has 216 valence electrons. The summed E-state index contributed by atoms with van der Waals surface area (Å²) in [5.41, 5.74) is 2.29. The van der Waals surface area contributed by atoms with E-state index in [9.17, 15) is 9.59 Å². The number of ether oxygens (including phenoxy) is 1. The number of hydrogen-bond acceptors (Lipinski definition) is 4. The Bertz CT molecular complexity index is 1150. The van der Waals surface area contributed by atoms with Crippen LogP contribution >= 0.6 is 12.4 Å². The van der Waals surface area contributed by atoms with Crippen molar-refractivity contribution in [3.63, 3.8) is 0 Å². The maximum atomic E-state index is 13.6. The van der Waals surface area contributed by atoms with Gasteiger partial charge in [-0.15, -0.1) is 12.4 Å². The number of nitrogens with zero attached hydrogens (tertiary/aromatic N) is 4. The molecule has 0 aromatic heterocycles. The van der Waals surface area contributed by atoms with Crippen LogP contribution in [0.15, 0.2) is 54.6 Å². The van der Waals surface area contributed by atoms with Crippen molar-refractivity contribution in [1.82, 2.24) is 19.6 Å². The minimum Gasteiger partial charge on any atom is -0.497 e. The van der Waals surface area contributed by atoms with Crippen molar-refractivity contribution < 1.29 is 14.3 Å². The van der Waals surface area contributed by atoms with Gasteiger partial charge < -0.3 is 24.3 Å². The van der Waals surface area contributed by atoms with Crippen LogP contribution < -0.4 is 4.74 Å². The first-order valence-corrected chi connectivity index (χ1v) is 14.8. The summed E-state index contributed by atoms with van der Waals surface area (Å²) in [5.74, 6) is 1.96. The number of methoxy groups -OCH3 is 1. The Balaban J connectivity index is 0.00000323. The first-order chi connectivity index (χ1) is 19.0. The van der Waals surface area contributed by atoms with E-state index in [1.54, 1.807) is 7.11 Å². The van der Waals surface area contributed by atoms with Crippen LogP contribution in [0, 0.1) is 11.3 Å². The Morgan fingerprint density at radius 3 is 2.23 bits per heavy atom. The molecule has 8 heteroatoms. The molecular formula is C32H43ClN4O3. The van der Waals surface area contributed by atoms with Gasteiger partial charge in [-0.25, -0.2) is 4.79 Å². The average Bonchev–Trinajstić information content (AvgIpc) is 3.73. The monoisotopic (exact) mass is 566 g/mol. The lowest BCUT2D eigenvalue weighted by molar-refractivity contribution is -0.139. The zero-order valence-corrected chi connectivity index (χ0v) is 24.5. The van der Waals surface area contributed by atoms with Crippen LogP contribution in [0.2, 0.25) is 0 Å².